The van der Waals surface area contributed by atoms with E-state index < -0.39 is 10.0 Å². The van der Waals surface area contributed by atoms with E-state index in [1.54, 1.807) is 14.0 Å². The molecule has 1 rings (SSSR count). The fourth-order valence-electron chi connectivity index (χ4n) is 2.40. The van der Waals surface area contributed by atoms with Gasteiger partial charge in [-0.15, -0.1) is 0 Å². The molecule has 0 spiro atoms. The van der Waals surface area contributed by atoms with E-state index in [4.69, 9.17) is 4.74 Å². The number of likely N-dealkylation sites (tertiary alicyclic amines) is 1. The molecule has 8 nitrogen and oxygen atoms in total. The van der Waals surface area contributed by atoms with Crippen LogP contribution < -0.4 is 10.0 Å². The molecular formula is C14H28N4O4S. The molecule has 1 aliphatic heterocycles. The fourth-order valence-corrected chi connectivity index (χ4v) is 3.02. The van der Waals surface area contributed by atoms with Gasteiger partial charge >= 0.3 is 5.97 Å². The molecule has 0 amide bonds. The minimum absolute atomic E-state index is 0.0410. The lowest BCUT2D eigenvalue weighted by atomic mass is 9.97. The Morgan fingerprint density at radius 1 is 1.26 bits per heavy atom. The number of guanidine groups is 1. The summed E-state index contributed by atoms with van der Waals surface area (Å²) in [5, 5.41) is 3.14. The maximum atomic E-state index is 11.7. The van der Waals surface area contributed by atoms with Gasteiger partial charge in [-0.2, -0.15) is 0 Å². The molecule has 9 heteroatoms. The number of piperidine rings is 1. The molecule has 134 valence electrons. The van der Waals surface area contributed by atoms with Crippen molar-refractivity contribution in [2.45, 2.75) is 26.7 Å². The number of esters is 1. The van der Waals surface area contributed by atoms with Gasteiger partial charge in [-0.05, 0) is 26.7 Å². The van der Waals surface area contributed by atoms with Gasteiger partial charge in [0.25, 0.3) is 0 Å². The Bertz CT molecular complexity index is 499. The average molecular weight is 348 g/mol. The van der Waals surface area contributed by atoms with E-state index in [1.807, 2.05) is 6.92 Å². The predicted molar refractivity (Wildman–Crippen MR) is 89.8 cm³/mol. The molecule has 0 aliphatic carbocycles. The third-order valence-electron chi connectivity index (χ3n) is 3.74. The molecule has 2 N–H and O–H groups in total. The molecule has 0 bridgehead atoms. The van der Waals surface area contributed by atoms with Crippen LogP contribution in [0.15, 0.2) is 4.99 Å². The largest absolute Gasteiger partial charge is 0.466 e. The fraction of sp³-hybridized carbons (Fsp3) is 0.857. The molecule has 1 heterocycles. The Hall–Kier alpha value is -1.35. The monoisotopic (exact) mass is 348 g/mol. The zero-order valence-electron chi connectivity index (χ0n) is 14.2. The van der Waals surface area contributed by atoms with E-state index in [0.29, 0.717) is 19.7 Å². The number of carbonyl (C=O) groups is 1. The Kier molecular flexibility index (Phi) is 8.32. The van der Waals surface area contributed by atoms with E-state index >= 15 is 0 Å². The van der Waals surface area contributed by atoms with Gasteiger partial charge in [-0.3, -0.25) is 9.79 Å². The summed E-state index contributed by atoms with van der Waals surface area (Å²) in [5.41, 5.74) is 0. The second-order valence-corrected chi connectivity index (χ2v) is 7.38. The molecule has 0 aromatic rings. The molecule has 1 aliphatic rings. The van der Waals surface area contributed by atoms with Crippen LogP contribution in [0.25, 0.3) is 0 Å². The van der Waals surface area contributed by atoms with Gasteiger partial charge in [0.2, 0.25) is 10.0 Å². The Labute approximate surface area is 138 Å². The molecular weight excluding hydrogens is 320 g/mol. The van der Waals surface area contributed by atoms with Gasteiger partial charge in [0.1, 0.15) is 0 Å². The normalized spacial score (nSPS) is 17.2. The van der Waals surface area contributed by atoms with Gasteiger partial charge in [-0.1, -0.05) is 0 Å². The number of aliphatic imine (C=N–C) groups is 1. The van der Waals surface area contributed by atoms with E-state index in [0.717, 1.165) is 31.9 Å². The number of nitrogens with zero attached hydrogens (tertiary/aromatic N) is 2. The van der Waals surface area contributed by atoms with Crippen molar-refractivity contribution in [2.75, 3.05) is 45.6 Å². The van der Waals surface area contributed by atoms with E-state index in [9.17, 15) is 13.2 Å². The second-order valence-electron chi connectivity index (χ2n) is 5.29. The minimum atomic E-state index is -3.17. The van der Waals surface area contributed by atoms with Crippen LogP contribution in [0, 0.1) is 5.92 Å². The van der Waals surface area contributed by atoms with Crippen LogP contribution in [0.3, 0.4) is 0 Å². The zero-order valence-corrected chi connectivity index (χ0v) is 15.0. The van der Waals surface area contributed by atoms with Gasteiger partial charge in [0.05, 0.1) is 18.3 Å². The van der Waals surface area contributed by atoms with Crippen LogP contribution in [0.2, 0.25) is 0 Å². The van der Waals surface area contributed by atoms with Crippen LogP contribution in [0.1, 0.15) is 26.7 Å². The molecule has 23 heavy (non-hydrogen) atoms. The van der Waals surface area contributed by atoms with Crippen molar-refractivity contribution in [1.29, 1.82) is 0 Å². The standard InChI is InChI=1S/C14H28N4O4S/c1-4-22-13(19)12-6-10-18(11-7-12)14(15-3)16-8-9-17-23(20,21)5-2/h12,17H,4-11H2,1-3H3,(H,15,16). The minimum Gasteiger partial charge on any atom is -0.466 e. The highest BCUT2D eigenvalue weighted by Crippen LogP contribution is 2.18. The summed E-state index contributed by atoms with van der Waals surface area (Å²) in [6, 6.07) is 0. The molecule has 0 unspecified atom stereocenters. The quantitative estimate of drug-likeness (QED) is 0.285. The van der Waals surface area contributed by atoms with Gasteiger partial charge in [0.15, 0.2) is 5.96 Å². The van der Waals surface area contributed by atoms with Crippen LogP contribution in [-0.2, 0) is 19.6 Å². The Morgan fingerprint density at radius 2 is 1.91 bits per heavy atom. The highest BCUT2D eigenvalue weighted by atomic mass is 32.2. The maximum Gasteiger partial charge on any atom is 0.309 e. The number of ether oxygens (including phenoxy) is 1. The van der Waals surface area contributed by atoms with Crippen molar-refractivity contribution < 1.29 is 17.9 Å². The van der Waals surface area contributed by atoms with Crippen LogP contribution in [-0.4, -0.2) is 70.8 Å². The first kappa shape index (κ1) is 19.7. The Morgan fingerprint density at radius 3 is 2.43 bits per heavy atom. The summed E-state index contributed by atoms with van der Waals surface area (Å²) in [6.07, 6.45) is 1.48. The number of carbonyl (C=O) groups excluding carboxylic acids is 1. The number of rotatable bonds is 7. The average Bonchev–Trinajstić information content (AvgIpc) is 2.55. The molecule has 1 saturated heterocycles. The third-order valence-corrected chi connectivity index (χ3v) is 5.14. The molecule has 0 aromatic carbocycles. The smallest absolute Gasteiger partial charge is 0.309 e. The summed E-state index contributed by atoms with van der Waals surface area (Å²) in [5.74, 6) is 0.635. The number of nitrogens with one attached hydrogen (secondary N) is 2. The van der Waals surface area contributed by atoms with Crippen LogP contribution in [0.5, 0.6) is 0 Å². The summed E-state index contributed by atoms with van der Waals surface area (Å²) in [4.78, 5) is 18.0. The SMILES string of the molecule is CCOC(=O)C1CCN(C(=NC)NCCNS(=O)(=O)CC)CC1. The lowest BCUT2D eigenvalue weighted by Crippen LogP contribution is -2.48. The third kappa shape index (κ3) is 6.74. The second kappa shape index (κ2) is 9.71. The van der Waals surface area contributed by atoms with Gasteiger partial charge in [-0.25, -0.2) is 13.1 Å². The molecule has 0 aromatic heterocycles. The summed E-state index contributed by atoms with van der Waals surface area (Å²) >= 11 is 0. The highest BCUT2D eigenvalue weighted by Gasteiger charge is 2.27. The van der Waals surface area contributed by atoms with Gasteiger partial charge < -0.3 is 15.0 Å². The van der Waals surface area contributed by atoms with E-state index in [2.05, 4.69) is 19.9 Å². The van der Waals surface area contributed by atoms with Crippen molar-refractivity contribution in [3.05, 3.63) is 0 Å². The first-order chi connectivity index (χ1) is 10.9. The summed E-state index contributed by atoms with van der Waals surface area (Å²) in [6.45, 7) is 6.05. The van der Waals surface area contributed by atoms with Crippen molar-refractivity contribution in [3.63, 3.8) is 0 Å². The van der Waals surface area contributed by atoms with Crippen molar-refractivity contribution in [3.8, 4) is 0 Å². The topological polar surface area (TPSA) is 100 Å². The van der Waals surface area contributed by atoms with Crippen molar-refractivity contribution in [1.82, 2.24) is 14.9 Å². The number of hydrogen-bond donors (Lipinski definition) is 2. The summed E-state index contributed by atoms with van der Waals surface area (Å²) < 4.78 is 30.2. The molecule has 1 fully saturated rings. The van der Waals surface area contributed by atoms with Crippen molar-refractivity contribution in [2.24, 2.45) is 10.9 Å². The molecule has 0 atom stereocenters. The predicted octanol–water partition coefficient (Wildman–Crippen LogP) is -0.224. The van der Waals surface area contributed by atoms with Crippen LogP contribution >= 0.6 is 0 Å². The molecule has 0 saturated carbocycles. The van der Waals surface area contributed by atoms with E-state index in [-0.39, 0.29) is 17.6 Å². The number of hydrogen-bond acceptors (Lipinski definition) is 5. The summed E-state index contributed by atoms with van der Waals surface area (Å²) in [7, 11) is -1.48. The van der Waals surface area contributed by atoms with Gasteiger partial charge in [0, 0.05) is 33.2 Å². The zero-order chi connectivity index (χ0) is 17.3. The molecule has 0 radical (unpaired) electrons. The van der Waals surface area contributed by atoms with Crippen LogP contribution in [0.4, 0.5) is 0 Å². The van der Waals surface area contributed by atoms with Crippen molar-refractivity contribution >= 4 is 22.0 Å². The maximum absolute atomic E-state index is 11.7. The first-order valence-electron chi connectivity index (χ1n) is 8.03. The number of sulfonamides is 1. The van der Waals surface area contributed by atoms with E-state index in [1.165, 1.54) is 0 Å². The lowest BCUT2D eigenvalue weighted by molar-refractivity contribution is -0.149. The highest BCUT2D eigenvalue weighted by molar-refractivity contribution is 7.89. The first-order valence-corrected chi connectivity index (χ1v) is 9.68. The lowest BCUT2D eigenvalue weighted by Gasteiger charge is -2.33. The Balaban J connectivity index is 2.36.